The molecule has 0 saturated heterocycles. The van der Waals surface area contributed by atoms with Crippen LogP contribution in [0.4, 0.5) is 0 Å². The molecule has 0 saturated carbocycles. The van der Waals surface area contributed by atoms with Gasteiger partial charge in [0.2, 0.25) is 0 Å². The highest BCUT2D eigenvalue weighted by Crippen LogP contribution is 2.18. The molecule has 0 aliphatic heterocycles. The van der Waals surface area contributed by atoms with Crippen LogP contribution in [0, 0.1) is 0 Å². The summed E-state index contributed by atoms with van der Waals surface area (Å²) in [7, 11) is 0. The van der Waals surface area contributed by atoms with Crippen molar-refractivity contribution in [3.8, 4) is 11.5 Å². The molecule has 4 rings (SSSR count). The molecular formula is C30H27NO5. The van der Waals surface area contributed by atoms with Crippen molar-refractivity contribution in [1.82, 2.24) is 5.32 Å². The fraction of sp³-hybridized carbons (Fsp3) is 0.133. The zero-order valence-corrected chi connectivity index (χ0v) is 19.7. The molecule has 0 aromatic heterocycles. The number of rotatable bonds is 11. The largest absolute Gasteiger partial charge is 0.489 e. The minimum atomic E-state index is -1.09. The van der Waals surface area contributed by atoms with E-state index in [0.717, 1.165) is 22.4 Å². The fourth-order valence-corrected chi connectivity index (χ4v) is 3.61. The Balaban J connectivity index is 1.31. The van der Waals surface area contributed by atoms with Crippen LogP contribution in [-0.4, -0.2) is 23.0 Å². The summed E-state index contributed by atoms with van der Waals surface area (Å²) in [5.41, 5.74) is 3.21. The lowest BCUT2D eigenvalue weighted by atomic mass is 10.1. The van der Waals surface area contributed by atoms with Crippen LogP contribution in [0.2, 0.25) is 0 Å². The Morgan fingerprint density at radius 2 is 1.25 bits per heavy atom. The molecule has 4 aromatic rings. The third kappa shape index (κ3) is 7.21. The van der Waals surface area contributed by atoms with Gasteiger partial charge in [-0.05, 0) is 47.0 Å². The average Bonchev–Trinajstić information content (AvgIpc) is 2.92. The van der Waals surface area contributed by atoms with Crippen LogP contribution in [0.1, 0.15) is 27.0 Å². The molecule has 0 radical (unpaired) electrons. The van der Waals surface area contributed by atoms with Gasteiger partial charge in [0.05, 0.1) is 0 Å². The number of ether oxygens (including phenoxy) is 2. The summed E-state index contributed by atoms with van der Waals surface area (Å²) in [5.74, 6) is -0.272. The van der Waals surface area contributed by atoms with Crippen LogP contribution in [-0.2, 0) is 24.4 Å². The number of carbonyl (C=O) groups is 2. The van der Waals surface area contributed by atoms with Crippen LogP contribution >= 0.6 is 0 Å². The van der Waals surface area contributed by atoms with Gasteiger partial charge in [-0.1, -0.05) is 78.9 Å². The molecule has 6 nitrogen and oxygen atoms in total. The minimum absolute atomic E-state index is 0.198. The van der Waals surface area contributed by atoms with Crippen molar-refractivity contribution < 1.29 is 24.2 Å². The van der Waals surface area contributed by atoms with E-state index in [1.807, 2.05) is 84.9 Å². The highest BCUT2D eigenvalue weighted by atomic mass is 16.5. The SMILES string of the molecule is O=C(N[C@@H](Cc1ccccc1)C(=O)O)c1cccc(OCc2ccc(OCc3ccccc3)cc2)c1. The van der Waals surface area contributed by atoms with E-state index in [-0.39, 0.29) is 6.42 Å². The van der Waals surface area contributed by atoms with E-state index in [1.165, 1.54) is 0 Å². The van der Waals surface area contributed by atoms with Crippen molar-refractivity contribution in [3.05, 3.63) is 131 Å². The first-order valence-corrected chi connectivity index (χ1v) is 11.6. The van der Waals surface area contributed by atoms with E-state index >= 15 is 0 Å². The van der Waals surface area contributed by atoms with Crippen molar-refractivity contribution in [1.29, 1.82) is 0 Å². The number of hydrogen-bond acceptors (Lipinski definition) is 4. The summed E-state index contributed by atoms with van der Waals surface area (Å²) in [6.45, 7) is 0.815. The summed E-state index contributed by atoms with van der Waals surface area (Å²) in [5, 5.41) is 12.2. The third-order valence-corrected chi connectivity index (χ3v) is 5.56. The molecule has 0 aliphatic carbocycles. The van der Waals surface area contributed by atoms with Gasteiger partial charge < -0.3 is 19.9 Å². The monoisotopic (exact) mass is 481 g/mol. The summed E-state index contributed by atoms with van der Waals surface area (Å²) in [6.07, 6.45) is 0.198. The molecule has 0 unspecified atom stereocenters. The van der Waals surface area contributed by atoms with Crippen LogP contribution < -0.4 is 14.8 Å². The van der Waals surface area contributed by atoms with Gasteiger partial charge in [-0.15, -0.1) is 0 Å². The number of amides is 1. The number of carbonyl (C=O) groups excluding carboxylic acids is 1. The maximum Gasteiger partial charge on any atom is 0.326 e. The molecule has 4 aromatic carbocycles. The fourth-order valence-electron chi connectivity index (χ4n) is 3.61. The Bertz CT molecular complexity index is 1270. The normalized spacial score (nSPS) is 11.3. The standard InChI is InChI=1S/C30H27NO5/c32-29(31-28(30(33)34)18-22-8-3-1-4-9-22)25-12-7-13-27(19-25)36-21-24-14-16-26(17-15-24)35-20-23-10-5-2-6-11-23/h1-17,19,28H,18,20-21H2,(H,31,32)(H,33,34)/t28-/m0/s1. The van der Waals surface area contributed by atoms with Crippen molar-refractivity contribution in [3.63, 3.8) is 0 Å². The Labute approximate surface area is 210 Å². The van der Waals surface area contributed by atoms with Gasteiger partial charge in [0.1, 0.15) is 30.8 Å². The zero-order chi connectivity index (χ0) is 25.2. The average molecular weight is 482 g/mol. The van der Waals surface area contributed by atoms with Gasteiger partial charge in [0.15, 0.2) is 0 Å². The van der Waals surface area contributed by atoms with Crippen molar-refractivity contribution in [2.24, 2.45) is 0 Å². The first-order chi connectivity index (χ1) is 17.6. The molecule has 36 heavy (non-hydrogen) atoms. The molecule has 0 heterocycles. The van der Waals surface area contributed by atoms with Gasteiger partial charge in [-0.2, -0.15) is 0 Å². The van der Waals surface area contributed by atoms with Gasteiger partial charge in [0, 0.05) is 12.0 Å². The molecule has 0 bridgehead atoms. The molecule has 0 fully saturated rings. The summed E-state index contributed by atoms with van der Waals surface area (Å²) < 4.78 is 11.7. The number of benzene rings is 4. The molecule has 182 valence electrons. The van der Waals surface area contributed by atoms with Crippen LogP contribution in [0.5, 0.6) is 11.5 Å². The Hall–Kier alpha value is -4.58. The number of carboxylic acid groups (broad SMARTS) is 1. The Kier molecular flexibility index (Phi) is 8.33. The predicted octanol–water partition coefficient (Wildman–Crippen LogP) is 5.27. The molecule has 0 aliphatic rings. The van der Waals surface area contributed by atoms with Crippen molar-refractivity contribution in [2.75, 3.05) is 0 Å². The maximum absolute atomic E-state index is 12.7. The number of aliphatic carboxylic acids is 1. The van der Waals surface area contributed by atoms with E-state index in [0.29, 0.717) is 24.5 Å². The second-order valence-electron chi connectivity index (χ2n) is 8.29. The van der Waals surface area contributed by atoms with Crippen LogP contribution in [0.3, 0.4) is 0 Å². The minimum Gasteiger partial charge on any atom is -0.489 e. The second-order valence-corrected chi connectivity index (χ2v) is 8.29. The van der Waals surface area contributed by atoms with Gasteiger partial charge >= 0.3 is 5.97 Å². The lowest BCUT2D eigenvalue weighted by Gasteiger charge is -2.15. The van der Waals surface area contributed by atoms with Gasteiger partial charge in [-0.3, -0.25) is 4.79 Å². The van der Waals surface area contributed by atoms with Crippen LogP contribution in [0.15, 0.2) is 109 Å². The van der Waals surface area contributed by atoms with Crippen LogP contribution in [0.25, 0.3) is 0 Å². The second kappa shape index (κ2) is 12.2. The molecule has 1 atom stereocenters. The summed E-state index contributed by atoms with van der Waals surface area (Å²) >= 11 is 0. The van der Waals surface area contributed by atoms with Gasteiger partial charge in [-0.25, -0.2) is 4.79 Å². The topological polar surface area (TPSA) is 84.9 Å². The third-order valence-electron chi connectivity index (χ3n) is 5.56. The van der Waals surface area contributed by atoms with E-state index < -0.39 is 17.9 Å². The first kappa shape index (κ1) is 24.5. The molecule has 2 N–H and O–H groups in total. The molecule has 1 amide bonds. The van der Waals surface area contributed by atoms with E-state index in [9.17, 15) is 14.7 Å². The number of nitrogens with one attached hydrogen (secondary N) is 1. The number of carboxylic acids is 1. The highest BCUT2D eigenvalue weighted by molar-refractivity contribution is 5.97. The first-order valence-electron chi connectivity index (χ1n) is 11.6. The van der Waals surface area contributed by atoms with Crippen molar-refractivity contribution >= 4 is 11.9 Å². The highest BCUT2D eigenvalue weighted by Gasteiger charge is 2.21. The summed E-state index contributed by atoms with van der Waals surface area (Å²) in [6, 6.07) is 32.5. The Morgan fingerprint density at radius 1 is 0.667 bits per heavy atom. The molecule has 6 heteroatoms. The lowest BCUT2D eigenvalue weighted by molar-refractivity contribution is -0.139. The quantitative estimate of drug-likeness (QED) is 0.305. The van der Waals surface area contributed by atoms with E-state index in [4.69, 9.17) is 9.47 Å². The van der Waals surface area contributed by atoms with E-state index in [1.54, 1.807) is 24.3 Å². The molecular weight excluding hydrogens is 454 g/mol. The predicted molar refractivity (Wildman–Crippen MR) is 137 cm³/mol. The Morgan fingerprint density at radius 3 is 1.89 bits per heavy atom. The summed E-state index contributed by atoms with van der Waals surface area (Å²) in [4.78, 5) is 24.4. The maximum atomic E-state index is 12.7. The van der Waals surface area contributed by atoms with Gasteiger partial charge in [0.25, 0.3) is 5.91 Å². The van der Waals surface area contributed by atoms with Crippen molar-refractivity contribution in [2.45, 2.75) is 25.7 Å². The number of hydrogen-bond donors (Lipinski definition) is 2. The molecule has 0 spiro atoms. The zero-order valence-electron chi connectivity index (χ0n) is 19.7. The van der Waals surface area contributed by atoms with E-state index in [2.05, 4.69) is 5.32 Å². The smallest absolute Gasteiger partial charge is 0.326 e. The lowest BCUT2D eigenvalue weighted by Crippen LogP contribution is -2.42.